The van der Waals surface area contributed by atoms with Crippen molar-refractivity contribution in [1.82, 2.24) is 4.57 Å². The van der Waals surface area contributed by atoms with Gasteiger partial charge in [-0.25, -0.2) is 0 Å². The molecule has 0 unspecified atom stereocenters. The molecule has 0 aliphatic heterocycles. The van der Waals surface area contributed by atoms with Gasteiger partial charge in [-0.2, -0.15) is 0 Å². The third-order valence-electron chi connectivity index (χ3n) is 15.7. The normalized spacial score (nSPS) is 13.8. The van der Waals surface area contributed by atoms with Gasteiger partial charge in [-0.15, -0.1) is 0 Å². The number of fused-ring (bicyclic) bond motifs is 9. The second kappa shape index (κ2) is 16.4. The minimum Gasteiger partial charge on any atom is -0.310 e. The standard InChI is InChI=1S/C68H54N2S/c1-43-16-10-15-23-65(43)71-66-41-57-56-40-58-55-20-12-14-22-63(55)70(64(58)42-62(56)68(5,6)60(57)38-44(66)2)51-34-28-48(29-35-51)47-26-32-50(33-27-47)69(49-30-24-46(25-31-49)45-17-8-7-9-18-45)52-36-37-54-53-19-11-13-21-59(53)67(3,4)61(54)39-52/h7-42H,1-6H3. The molecule has 1 aromatic heterocycles. The molecule has 1 heterocycles. The summed E-state index contributed by atoms with van der Waals surface area (Å²) in [6.07, 6.45) is 0. The van der Waals surface area contributed by atoms with Crippen LogP contribution in [0.1, 0.15) is 61.1 Å². The molecule has 13 rings (SSSR count). The lowest BCUT2D eigenvalue weighted by Gasteiger charge is -2.28. The van der Waals surface area contributed by atoms with E-state index in [-0.39, 0.29) is 10.8 Å². The van der Waals surface area contributed by atoms with Crippen LogP contribution < -0.4 is 4.90 Å². The van der Waals surface area contributed by atoms with Crippen molar-refractivity contribution in [2.24, 2.45) is 0 Å². The van der Waals surface area contributed by atoms with E-state index in [4.69, 9.17) is 0 Å². The van der Waals surface area contributed by atoms with E-state index < -0.39 is 0 Å². The number of hydrogen-bond acceptors (Lipinski definition) is 2. The maximum absolute atomic E-state index is 2.49. The molecule has 342 valence electrons. The number of aromatic nitrogens is 1. The van der Waals surface area contributed by atoms with Crippen LogP contribution in [0.3, 0.4) is 0 Å². The van der Waals surface area contributed by atoms with Crippen LogP contribution in [0, 0.1) is 13.8 Å². The second-order valence-electron chi connectivity index (χ2n) is 20.7. The van der Waals surface area contributed by atoms with Crippen LogP contribution in [-0.4, -0.2) is 4.57 Å². The molecule has 0 atom stereocenters. The number of benzene rings is 10. The van der Waals surface area contributed by atoms with Gasteiger partial charge in [0.1, 0.15) is 0 Å². The van der Waals surface area contributed by atoms with Gasteiger partial charge in [0.15, 0.2) is 0 Å². The molecule has 0 bridgehead atoms. The van der Waals surface area contributed by atoms with Crippen molar-refractivity contribution in [3.8, 4) is 50.2 Å². The Morgan fingerprint density at radius 2 is 0.887 bits per heavy atom. The predicted octanol–water partition coefficient (Wildman–Crippen LogP) is 19.0. The Kier molecular flexibility index (Phi) is 9.96. The van der Waals surface area contributed by atoms with Crippen molar-refractivity contribution in [3.05, 3.63) is 252 Å². The number of nitrogens with zero attached hydrogens (tertiary/aromatic N) is 2. The van der Waals surface area contributed by atoms with E-state index in [1.165, 1.54) is 109 Å². The van der Waals surface area contributed by atoms with Crippen molar-refractivity contribution in [2.45, 2.75) is 62.2 Å². The van der Waals surface area contributed by atoms with Gasteiger partial charge in [0.2, 0.25) is 0 Å². The number of rotatable bonds is 8. The van der Waals surface area contributed by atoms with E-state index in [1.54, 1.807) is 0 Å². The molecule has 2 aliphatic rings. The maximum atomic E-state index is 2.49. The fourth-order valence-electron chi connectivity index (χ4n) is 11.8. The molecule has 0 fully saturated rings. The molecular formula is C68H54N2S. The van der Waals surface area contributed by atoms with Crippen LogP contribution in [0.2, 0.25) is 0 Å². The smallest absolute Gasteiger partial charge is 0.0544 e. The highest BCUT2D eigenvalue weighted by molar-refractivity contribution is 7.99. The van der Waals surface area contributed by atoms with E-state index in [0.29, 0.717) is 0 Å². The van der Waals surface area contributed by atoms with E-state index in [1.807, 2.05) is 11.8 Å². The van der Waals surface area contributed by atoms with Crippen LogP contribution in [0.15, 0.2) is 228 Å². The second-order valence-corrected chi connectivity index (χ2v) is 21.7. The Bertz CT molecular complexity index is 3890. The maximum Gasteiger partial charge on any atom is 0.0544 e. The number of anilines is 3. The van der Waals surface area contributed by atoms with Crippen molar-refractivity contribution in [3.63, 3.8) is 0 Å². The summed E-state index contributed by atoms with van der Waals surface area (Å²) in [5.74, 6) is 0. The highest BCUT2D eigenvalue weighted by atomic mass is 32.2. The topological polar surface area (TPSA) is 8.17 Å². The lowest BCUT2D eigenvalue weighted by atomic mass is 9.82. The molecule has 0 N–H and O–H groups in total. The van der Waals surface area contributed by atoms with Crippen molar-refractivity contribution in [2.75, 3.05) is 4.90 Å². The Labute approximate surface area is 421 Å². The van der Waals surface area contributed by atoms with Gasteiger partial charge in [-0.3, -0.25) is 0 Å². The monoisotopic (exact) mass is 930 g/mol. The molecular weight excluding hydrogens is 877 g/mol. The van der Waals surface area contributed by atoms with Crippen molar-refractivity contribution in [1.29, 1.82) is 0 Å². The van der Waals surface area contributed by atoms with Gasteiger partial charge in [0.05, 0.1) is 11.0 Å². The molecule has 0 saturated carbocycles. The summed E-state index contributed by atoms with van der Waals surface area (Å²) in [5.41, 5.74) is 25.1. The van der Waals surface area contributed by atoms with Crippen LogP contribution in [-0.2, 0) is 10.8 Å². The van der Waals surface area contributed by atoms with Crippen molar-refractivity contribution < 1.29 is 0 Å². The molecule has 10 aromatic carbocycles. The van der Waals surface area contributed by atoms with Gasteiger partial charge < -0.3 is 9.47 Å². The third-order valence-corrected chi connectivity index (χ3v) is 17.1. The van der Waals surface area contributed by atoms with Crippen LogP contribution in [0.5, 0.6) is 0 Å². The summed E-state index contributed by atoms with van der Waals surface area (Å²) in [4.78, 5) is 5.04. The lowest BCUT2D eigenvalue weighted by Crippen LogP contribution is -2.16. The van der Waals surface area contributed by atoms with Crippen molar-refractivity contribution >= 4 is 50.6 Å². The lowest BCUT2D eigenvalue weighted by molar-refractivity contribution is 0.659. The molecule has 11 aromatic rings. The SMILES string of the molecule is Cc1ccccc1Sc1cc2c(cc1C)C(C)(C)c1cc3c(cc1-2)c1ccccc1n3-c1ccc(-c2ccc(N(c3ccc(-c4ccccc4)cc3)c3ccc4c(c3)C(C)(C)c3ccccc3-4)cc2)cc1. The first kappa shape index (κ1) is 43.2. The van der Waals surface area contributed by atoms with E-state index >= 15 is 0 Å². The molecule has 2 nitrogen and oxygen atoms in total. The minimum atomic E-state index is -0.142. The summed E-state index contributed by atoms with van der Waals surface area (Å²) in [5, 5.41) is 2.56. The van der Waals surface area contributed by atoms with Crippen LogP contribution >= 0.6 is 11.8 Å². The molecule has 2 aliphatic carbocycles. The first-order valence-electron chi connectivity index (χ1n) is 24.9. The van der Waals surface area contributed by atoms with Gasteiger partial charge in [0.25, 0.3) is 0 Å². The van der Waals surface area contributed by atoms with Gasteiger partial charge >= 0.3 is 0 Å². The molecule has 71 heavy (non-hydrogen) atoms. The molecule has 0 amide bonds. The number of para-hydroxylation sites is 1. The molecule has 0 saturated heterocycles. The summed E-state index contributed by atoms with van der Waals surface area (Å²) in [6, 6.07) is 81.3. The minimum absolute atomic E-state index is 0.104. The third kappa shape index (κ3) is 6.93. The van der Waals surface area contributed by atoms with Gasteiger partial charge in [-0.05, 0) is 171 Å². The molecule has 0 spiro atoms. The Morgan fingerprint density at radius 3 is 1.61 bits per heavy atom. The Morgan fingerprint density at radius 1 is 0.352 bits per heavy atom. The molecule has 0 radical (unpaired) electrons. The summed E-state index contributed by atoms with van der Waals surface area (Å²) >= 11 is 1.88. The predicted molar refractivity (Wildman–Crippen MR) is 302 cm³/mol. The molecule has 3 heteroatoms. The summed E-state index contributed by atoms with van der Waals surface area (Å²) in [6.45, 7) is 14.0. The van der Waals surface area contributed by atoms with Gasteiger partial charge in [0, 0.05) is 54.1 Å². The largest absolute Gasteiger partial charge is 0.310 e. The zero-order chi connectivity index (χ0) is 48.2. The Hall–Kier alpha value is -7.85. The summed E-state index contributed by atoms with van der Waals surface area (Å²) in [7, 11) is 0. The fourth-order valence-corrected chi connectivity index (χ4v) is 12.8. The Balaban J connectivity index is 0.856. The zero-order valence-corrected chi connectivity index (χ0v) is 41.9. The van der Waals surface area contributed by atoms with E-state index in [2.05, 4.69) is 269 Å². The first-order valence-corrected chi connectivity index (χ1v) is 25.7. The first-order chi connectivity index (χ1) is 34.5. The van der Waals surface area contributed by atoms with Crippen LogP contribution in [0.25, 0.3) is 72.0 Å². The summed E-state index contributed by atoms with van der Waals surface area (Å²) < 4.78 is 2.47. The quantitative estimate of drug-likeness (QED) is 0.150. The number of aryl methyl sites for hydroxylation is 2. The van der Waals surface area contributed by atoms with E-state index in [0.717, 1.165) is 22.7 Å². The fraction of sp³-hybridized carbons (Fsp3) is 0.118. The average molecular weight is 931 g/mol. The highest BCUT2D eigenvalue weighted by Crippen LogP contribution is 2.54. The van der Waals surface area contributed by atoms with Gasteiger partial charge in [-0.1, -0.05) is 179 Å². The van der Waals surface area contributed by atoms with E-state index in [9.17, 15) is 0 Å². The van der Waals surface area contributed by atoms with Crippen LogP contribution in [0.4, 0.5) is 17.1 Å². The highest BCUT2D eigenvalue weighted by Gasteiger charge is 2.38. The zero-order valence-electron chi connectivity index (χ0n) is 41.1. The number of hydrogen-bond donors (Lipinski definition) is 0. The average Bonchev–Trinajstić information content (AvgIpc) is 3.93.